The lowest BCUT2D eigenvalue weighted by atomic mass is 10.3. The van der Waals surface area contributed by atoms with Gasteiger partial charge in [0.2, 0.25) is 5.95 Å². The van der Waals surface area contributed by atoms with E-state index in [-0.39, 0.29) is 5.82 Å². The van der Waals surface area contributed by atoms with Crippen molar-refractivity contribution in [2.75, 3.05) is 17.2 Å². The minimum absolute atomic E-state index is 0.255. The average Bonchev–Trinajstić information content (AvgIpc) is 2.38. The third-order valence-corrected chi connectivity index (χ3v) is 2.50. The molecule has 4 nitrogen and oxygen atoms in total. The van der Waals surface area contributed by atoms with Gasteiger partial charge in [0.25, 0.3) is 0 Å². The zero-order chi connectivity index (χ0) is 13.7. The monoisotopic (exact) mass is 260 g/mol. The quantitative estimate of drug-likeness (QED) is 0.864. The van der Waals surface area contributed by atoms with E-state index < -0.39 is 0 Å². The van der Waals surface area contributed by atoms with Crippen molar-refractivity contribution in [2.45, 2.75) is 20.3 Å². The van der Waals surface area contributed by atoms with Crippen molar-refractivity contribution in [3.8, 4) is 0 Å². The third-order valence-electron chi connectivity index (χ3n) is 2.50. The maximum Gasteiger partial charge on any atom is 0.224 e. The molecule has 0 fully saturated rings. The summed E-state index contributed by atoms with van der Waals surface area (Å²) in [6, 6.07) is 8.01. The van der Waals surface area contributed by atoms with E-state index in [2.05, 4.69) is 27.5 Å². The van der Waals surface area contributed by atoms with Crippen LogP contribution in [0.2, 0.25) is 0 Å². The van der Waals surface area contributed by atoms with Gasteiger partial charge in [-0.05, 0) is 37.6 Å². The van der Waals surface area contributed by atoms with E-state index in [1.54, 1.807) is 12.1 Å². The lowest BCUT2D eigenvalue weighted by Gasteiger charge is -2.09. The molecule has 1 aromatic carbocycles. The molecule has 0 radical (unpaired) electrons. The van der Waals surface area contributed by atoms with Crippen LogP contribution in [0.1, 0.15) is 19.0 Å². The van der Waals surface area contributed by atoms with E-state index in [1.165, 1.54) is 12.1 Å². The van der Waals surface area contributed by atoms with Crippen molar-refractivity contribution in [3.63, 3.8) is 0 Å². The fraction of sp³-hybridized carbons (Fsp3) is 0.286. The van der Waals surface area contributed by atoms with E-state index >= 15 is 0 Å². The Kier molecular flexibility index (Phi) is 4.28. The first kappa shape index (κ1) is 13.3. The summed E-state index contributed by atoms with van der Waals surface area (Å²) in [7, 11) is 0. The van der Waals surface area contributed by atoms with Crippen molar-refractivity contribution in [3.05, 3.63) is 41.8 Å². The zero-order valence-electron chi connectivity index (χ0n) is 11.1. The summed E-state index contributed by atoms with van der Waals surface area (Å²) < 4.78 is 12.8. The summed E-state index contributed by atoms with van der Waals surface area (Å²) in [5, 5.41) is 6.28. The SMILES string of the molecule is CCCNc1nc(C)cc(Nc2ccc(F)cc2)n1. The van der Waals surface area contributed by atoms with Gasteiger partial charge in [-0.15, -0.1) is 0 Å². The molecule has 100 valence electrons. The summed E-state index contributed by atoms with van der Waals surface area (Å²) in [5.41, 5.74) is 1.67. The lowest BCUT2D eigenvalue weighted by Crippen LogP contribution is -2.06. The van der Waals surface area contributed by atoms with Crippen LogP contribution in [0.25, 0.3) is 0 Å². The molecule has 0 saturated carbocycles. The van der Waals surface area contributed by atoms with Gasteiger partial charge in [-0.25, -0.2) is 9.37 Å². The van der Waals surface area contributed by atoms with Crippen LogP contribution in [0, 0.1) is 12.7 Å². The van der Waals surface area contributed by atoms with Crippen LogP contribution in [-0.2, 0) is 0 Å². The fourth-order valence-electron chi connectivity index (χ4n) is 1.63. The van der Waals surface area contributed by atoms with Gasteiger partial charge in [-0.1, -0.05) is 6.92 Å². The molecule has 1 aromatic heterocycles. The molecule has 2 aromatic rings. The number of rotatable bonds is 5. The Hall–Kier alpha value is -2.17. The average molecular weight is 260 g/mol. The van der Waals surface area contributed by atoms with Gasteiger partial charge in [0.1, 0.15) is 11.6 Å². The number of nitrogens with zero attached hydrogens (tertiary/aromatic N) is 2. The summed E-state index contributed by atoms with van der Waals surface area (Å²) in [5.74, 6) is 1.04. The maximum atomic E-state index is 12.8. The Morgan fingerprint density at radius 2 is 1.89 bits per heavy atom. The molecule has 0 atom stereocenters. The number of anilines is 3. The number of nitrogens with one attached hydrogen (secondary N) is 2. The molecule has 0 unspecified atom stereocenters. The summed E-state index contributed by atoms with van der Waals surface area (Å²) >= 11 is 0. The Morgan fingerprint density at radius 3 is 2.58 bits per heavy atom. The highest BCUT2D eigenvalue weighted by molar-refractivity contribution is 5.57. The van der Waals surface area contributed by atoms with Crippen LogP contribution in [0.15, 0.2) is 30.3 Å². The normalized spacial score (nSPS) is 10.3. The summed E-state index contributed by atoms with van der Waals surface area (Å²) in [6.07, 6.45) is 1.01. The molecule has 0 aliphatic rings. The van der Waals surface area contributed by atoms with Crippen LogP contribution in [0.5, 0.6) is 0 Å². The highest BCUT2D eigenvalue weighted by atomic mass is 19.1. The van der Waals surface area contributed by atoms with Crippen molar-refractivity contribution in [2.24, 2.45) is 0 Å². The highest BCUT2D eigenvalue weighted by Gasteiger charge is 2.02. The van der Waals surface area contributed by atoms with E-state index in [1.807, 2.05) is 13.0 Å². The smallest absolute Gasteiger partial charge is 0.224 e. The van der Waals surface area contributed by atoms with Gasteiger partial charge in [-0.3, -0.25) is 0 Å². The number of hydrogen-bond donors (Lipinski definition) is 2. The van der Waals surface area contributed by atoms with Crippen molar-refractivity contribution >= 4 is 17.5 Å². The second-order valence-electron chi connectivity index (χ2n) is 4.28. The Balaban J connectivity index is 2.15. The van der Waals surface area contributed by atoms with Crippen molar-refractivity contribution < 1.29 is 4.39 Å². The van der Waals surface area contributed by atoms with E-state index in [4.69, 9.17) is 0 Å². The standard InChI is InChI=1S/C14H17FN4/c1-3-8-16-14-17-10(2)9-13(19-14)18-12-6-4-11(15)5-7-12/h4-7,9H,3,8H2,1-2H3,(H2,16,17,18,19). The van der Waals surface area contributed by atoms with Crippen LogP contribution in [-0.4, -0.2) is 16.5 Å². The van der Waals surface area contributed by atoms with Crippen molar-refractivity contribution in [1.82, 2.24) is 9.97 Å². The Labute approximate surface area is 112 Å². The van der Waals surface area contributed by atoms with Crippen molar-refractivity contribution in [1.29, 1.82) is 0 Å². The zero-order valence-corrected chi connectivity index (χ0v) is 11.1. The molecule has 0 saturated heterocycles. The summed E-state index contributed by atoms with van der Waals surface area (Å²) in [4.78, 5) is 8.67. The molecular formula is C14H17FN4. The first-order valence-corrected chi connectivity index (χ1v) is 6.29. The molecule has 0 spiro atoms. The van der Waals surface area contributed by atoms with Crippen LogP contribution >= 0.6 is 0 Å². The highest BCUT2D eigenvalue weighted by Crippen LogP contribution is 2.17. The number of halogens is 1. The maximum absolute atomic E-state index is 12.8. The molecular weight excluding hydrogens is 243 g/mol. The minimum Gasteiger partial charge on any atom is -0.354 e. The number of aryl methyl sites for hydroxylation is 1. The van der Waals surface area contributed by atoms with Gasteiger partial charge in [0.15, 0.2) is 0 Å². The fourth-order valence-corrected chi connectivity index (χ4v) is 1.63. The van der Waals surface area contributed by atoms with Gasteiger partial charge in [0.05, 0.1) is 0 Å². The second kappa shape index (κ2) is 6.13. The van der Waals surface area contributed by atoms with E-state index in [0.717, 1.165) is 24.3 Å². The van der Waals surface area contributed by atoms with Crippen LogP contribution < -0.4 is 10.6 Å². The van der Waals surface area contributed by atoms with E-state index in [9.17, 15) is 4.39 Å². The molecule has 19 heavy (non-hydrogen) atoms. The number of hydrogen-bond acceptors (Lipinski definition) is 4. The molecule has 0 amide bonds. The Bertz CT molecular complexity index is 540. The first-order chi connectivity index (χ1) is 9.17. The molecule has 2 N–H and O–H groups in total. The molecule has 0 bridgehead atoms. The third kappa shape index (κ3) is 3.91. The predicted molar refractivity (Wildman–Crippen MR) is 75.2 cm³/mol. The van der Waals surface area contributed by atoms with Crippen LogP contribution in [0.3, 0.4) is 0 Å². The van der Waals surface area contributed by atoms with Gasteiger partial charge in [-0.2, -0.15) is 4.98 Å². The molecule has 0 aliphatic heterocycles. The molecule has 5 heteroatoms. The van der Waals surface area contributed by atoms with Gasteiger partial charge < -0.3 is 10.6 Å². The Morgan fingerprint density at radius 1 is 1.16 bits per heavy atom. The largest absolute Gasteiger partial charge is 0.354 e. The lowest BCUT2D eigenvalue weighted by molar-refractivity contribution is 0.628. The summed E-state index contributed by atoms with van der Waals surface area (Å²) in [6.45, 7) is 4.83. The molecule has 1 heterocycles. The predicted octanol–water partition coefficient (Wildman–Crippen LogP) is 3.49. The van der Waals surface area contributed by atoms with Gasteiger partial charge >= 0.3 is 0 Å². The molecule has 0 aliphatic carbocycles. The van der Waals surface area contributed by atoms with E-state index in [0.29, 0.717) is 11.8 Å². The topological polar surface area (TPSA) is 49.8 Å². The molecule has 2 rings (SSSR count). The first-order valence-electron chi connectivity index (χ1n) is 6.29. The number of benzene rings is 1. The van der Waals surface area contributed by atoms with Crippen LogP contribution in [0.4, 0.5) is 21.8 Å². The second-order valence-corrected chi connectivity index (χ2v) is 4.28. The number of aromatic nitrogens is 2. The van der Waals surface area contributed by atoms with Gasteiger partial charge in [0, 0.05) is 24.0 Å². The minimum atomic E-state index is -0.255.